The van der Waals surface area contributed by atoms with Crippen LogP contribution in [0.25, 0.3) is 10.9 Å². The topological polar surface area (TPSA) is 91.1 Å². The molecule has 0 atom stereocenters. The van der Waals surface area contributed by atoms with Crippen LogP contribution in [-0.2, 0) is 15.4 Å². The number of aromatic nitrogens is 1. The third-order valence-electron chi connectivity index (χ3n) is 5.51. The van der Waals surface area contributed by atoms with E-state index in [1.807, 2.05) is 36.4 Å². The lowest BCUT2D eigenvalue weighted by Gasteiger charge is -2.26. The summed E-state index contributed by atoms with van der Waals surface area (Å²) < 4.78 is 25.4. The zero-order valence-corrected chi connectivity index (χ0v) is 19.0. The zero-order valence-electron chi connectivity index (χ0n) is 18.1. The Bertz CT molecular complexity index is 1390. The summed E-state index contributed by atoms with van der Waals surface area (Å²) in [7, 11) is -3.38. The smallest absolute Gasteiger partial charge is 0.272 e. The van der Waals surface area contributed by atoms with Crippen molar-refractivity contribution < 1.29 is 13.2 Å². The maximum Gasteiger partial charge on any atom is 0.272 e. The Morgan fingerprint density at radius 1 is 0.844 bits per heavy atom. The van der Waals surface area contributed by atoms with Gasteiger partial charge in [0.05, 0.1) is 11.9 Å². The van der Waals surface area contributed by atoms with Gasteiger partial charge in [0.15, 0.2) is 0 Å². The third kappa shape index (κ3) is 4.68. The van der Waals surface area contributed by atoms with E-state index >= 15 is 0 Å². The van der Waals surface area contributed by atoms with Crippen molar-refractivity contribution in [1.82, 2.24) is 4.98 Å². The first-order valence-electron chi connectivity index (χ1n) is 10.2. The van der Waals surface area contributed by atoms with Crippen molar-refractivity contribution >= 4 is 38.2 Å². The average Bonchev–Trinajstić information content (AvgIpc) is 3.17. The molecule has 164 valence electrons. The van der Waals surface area contributed by atoms with Crippen LogP contribution in [-0.4, -0.2) is 25.6 Å². The van der Waals surface area contributed by atoms with Gasteiger partial charge in [-0.2, -0.15) is 0 Å². The van der Waals surface area contributed by atoms with Crippen molar-refractivity contribution in [3.8, 4) is 0 Å². The van der Waals surface area contributed by atoms with Gasteiger partial charge in [-0.1, -0.05) is 62.4 Å². The maximum absolute atomic E-state index is 12.9. The summed E-state index contributed by atoms with van der Waals surface area (Å²) in [5.74, 6) is -0.270. The second-order valence-corrected chi connectivity index (χ2v) is 10.1. The molecule has 4 rings (SSSR count). The van der Waals surface area contributed by atoms with E-state index in [1.54, 1.807) is 24.3 Å². The number of hydrogen-bond acceptors (Lipinski definition) is 3. The summed E-state index contributed by atoms with van der Waals surface area (Å²) in [5.41, 5.74) is 4.27. The molecule has 0 saturated heterocycles. The first-order chi connectivity index (χ1) is 15.1. The fourth-order valence-electron chi connectivity index (χ4n) is 3.73. The number of hydrogen-bond donors (Lipinski definition) is 3. The van der Waals surface area contributed by atoms with Crippen molar-refractivity contribution in [3.05, 3.63) is 95.7 Å². The van der Waals surface area contributed by atoms with Gasteiger partial charge in [-0.15, -0.1) is 0 Å². The van der Waals surface area contributed by atoms with Crippen LogP contribution in [0.15, 0.2) is 78.9 Å². The Labute approximate surface area is 187 Å². The van der Waals surface area contributed by atoms with Gasteiger partial charge < -0.3 is 10.3 Å². The fourth-order valence-corrected chi connectivity index (χ4v) is 4.29. The molecule has 0 aliphatic rings. The minimum atomic E-state index is -3.38. The van der Waals surface area contributed by atoms with E-state index < -0.39 is 10.0 Å². The maximum atomic E-state index is 12.9. The fraction of sp³-hybridized carbons (Fsp3) is 0.160. The van der Waals surface area contributed by atoms with Gasteiger partial charge in [0.2, 0.25) is 10.0 Å². The predicted molar refractivity (Wildman–Crippen MR) is 130 cm³/mol. The van der Waals surface area contributed by atoms with Crippen molar-refractivity contribution in [2.45, 2.75) is 19.3 Å². The summed E-state index contributed by atoms with van der Waals surface area (Å²) in [6, 6.07) is 24.9. The van der Waals surface area contributed by atoms with E-state index in [4.69, 9.17) is 0 Å². The van der Waals surface area contributed by atoms with Crippen LogP contribution in [0.2, 0.25) is 0 Å². The SMILES string of the molecule is CC(C)(c1ccccc1)c1cccc(NC(=O)c2cc3ccc(NS(C)(=O)=O)cc3[nH]2)c1. The van der Waals surface area contributed by atoms with Crippen molar-refractivity contribution in [1.29, 1.82) is 0 Å². The van der Waals surface area contributed by atoms with Crippen LogP contribution >= 0.6 is 0 Å². The molecular formula is C25H25N3O3S. The first-order valence-corrected chi connectivity index (χ1v) is 12.1. The Morgan fingerprint density at radius 3 is 2.28 bits per heavy atom. The minimum Gasteiger partial charge on any atom is -0.350 e. The van der Waals surface area contributed by atoms with E-state index in [1.165, 1.54) is 5.56 Å². The standard InChI is InChI=1S/C25H25N3O3S/c1-25(2,18-8-5-4-6-9-18)19-10-7-11-20(15-19)26-24(29)23-14-17-12-13-21(16-22(17)27-23)28-32(3,30)31/h4-16,27-28H,1-3H3,(H,26,29). The molecule has 0 unspecified atom stereocenters. The van der Waals surface area contributed by atoms with Crippen LogP contribution in [0.1, 0.15) is 35.5 Å². The molecule has 0 spiro atoms. The lowest BCUT2D eigenvalue weighted by Crippen LogP contribution is -2.19. The quantitative estimate of drug-likeness (QED) is 0.383. The summed E-state index contributed by atoms with van der Waals surface area (Å²) in [4.78, 5) is 15.9. The summed E-state index contributed by atoms with van der Waals surface area (Å²) in [5, 5.41) is 3.77. The normalized spacial score (nSPS) is 12.0. The minimum absolute atomic E-state index is 0.216. The third-order valence-corrected chi connectivity index (χ3v) is 6.11. The largest absolute Gasteiger partial charge is 0.350 e. The molecule has 7 heteroatoms. The molecule has 0 aliphatic carbocycles. The second kappa shape index (κ2) is 8.16. The number of carbonyl (C=O) groups excluding carboxylic acids is 1. The van der Waals surface area contributed by atoms with Crippen molar-refractivity contribution in [2.24, 2.45) is 0 Å². The number of amides is 1. The van der Waals surface area contributed by atoms with Gasteiger partial charge in [0.1, 0.15) is 5.69 Å². The number of H-pyrrole nitrogens is 1. The van der Waals surface area contributed by atoms with E-state index in [0.717, 1.165) is 17.2 Å². The molecule has 3 aromatic carbocycles. The summed E-state index contributed by atoms with van der Waals surface area (Å²) in [6.07, 6.45) is 1.10. The molecule has 4 aromatic rings. The average molecular weight is 448 g/mol. The van der Waals surface area contributed by atoms with Crippen LogP contribution < -0.4 is 10.0 Å². The number of benzene rings is 3. The molecule has 0 bridgehead atoms. The lowest BCUT2D eigenvalue weighted by molar-refractivity contribution is 0.102. The molecule has 1 heterocycles. The Morgan fingerprint density at radius 2 is 1.56 bits per heavy atom. The van der Waals surface area contributed by atoms with Crippen LogP contribution in [0.4, 0.5) is 11.4 Å². The predicted octanol–water partition coefficient (Wildman–Crippen LogP) is 5.12. The number of anilines is 2. The second-order valence-electron chi connectivity index (χ2n) is 8.39. The molecule has 32 heavy (non-hydrogen) atoms. The van der Waals surface area contributed by atoms with Gasteiger partial charge in [-0.25, -0.2) is 8.42 Å². The van der Waals surface area contributed by atoms with E-state index in [-0.39, 0.29) is 11.3 Å². The highest BCUT2D eigenvalue weighted by Gasteiger charge is 2.23. The number of fused-ring (bicyclic) bond motifs is 1. The summed E-state index contributed by atoms with van der Waals surface area (Å²) >= 11 is 0. The Balaban J connectivity index is 1.57. The van der Waals surface area contributed by atoms with Crippen LogP contribution in [0, 0.1) is 0 Å². The molecule has 6 nitrogen and oxygen atoms in total. The van der Waals surface area contributed by atoms with Crippen LogP contribution in [0.3, 0.4) is 0 Å². The number of sulfonamides is 1. The van der Waals surface area contributed by atoms with Gasteiger partial charge in [0, 0.05) is 22.0 Å². The van der Waals surface area contributed by atoms with Crippen LogP contribution in [0.5, 0.6) is 0 Å². The van der Waals surface area contributed by atoms with E-state index in [9.17, 15) is 13.2 Å². The van der Waals surface area contributed by atoms with E-state index in [0.29, 0.717) is 22.6 Å². The molecule has 0 saturated carbocycles. The molecule has 0 radical (unpaired) electrons. The van der Waals surface area contributed by atoms with Crippen molar-refractivity contribution in [2.75, 3.05) is 16.3 Å². The van der Waals surface area contributed by atoms with E-state index in [2.05, 4.69) is 47.1 Å². The Hall–Kier alpha value is -3.58. The monoisotopic (exact) mass is 447 g/mol. The highest BCUT2D eigenvalue weighted by molar-refractivity contribution is 7.92. The zero-order chi connectivity index (χ0) is 22.9. The number of carbonyl (C=O) groups is 1. The summed E-state index contributed by atoms with van der Waals surface area (Å²) in [6.45, 7) is 4.31. The highest BCUT2D eigenvalue weighted by atomic mass is 32.2. The number of rotatable bonds is 6. The molecule has 0 aliphatic heterocycles. The molecule has 0 fully saturated rings. The van der Waals surface area contributed by atoms with Gasteiger partial charge in [-0.3, -0.25) is 9.52 Å². The van der Waals surface area contributed by atoms with Gasteiger partial charge in [0.25, 0.3) is 5.91 Å². The molecule has 1 aromatic heterocycles. The number of aromatic amines is 1. The van der Waals surface area contributed by atoms with Gasteiger partial charge in [-0.05, 0) is 41.5 Å². The Kier molecular flexibility index (Phi) is 5.52. The van der Waals surface area contributed by atoms with Gasteiger partial charge >= 0.3 is 0 Å². The first kappa shape index (κ1) is 21.6. The molecule has 1 amide bonds. The molecule has 3 N–H and O–H groups in total. The highest BCUT2D eigenvalue weighted by Crippen LogP contribution is 2.32. The number of nitrogens with one attached hydrogen (secondary N) is 3. The lowest BCUT2D eigenvalue weighted by atomic mass is 9.78. The van der Waals surface area contributed by atoms with Crippen molar-refractivity contribution in [3.63, 3.8) is 0 Å². The molecular weight excluding hydrogens is 422 g/mol.